The van der Waals surface area contributed by atoms with Gasteiger partial charge in [-0.05, 0) is 30.3 Å². The molecule has 1 unspecified atom stereocenters. The lowest BCUT2D eigenvalue weighted by molar-refractivity contribution is -0.146. The lowest BCUT2D eigenvalue weighted by Gasteiger charge is -2.39. The zero-order valence-corrected chi connectivity index (χ0v) is 18.4. The normalized spacial score (nSPS) is 22.3. The number of amides is 2. The van der Waals surface area contributed by atoms with Gasteiger partial charge < -0.3 is 35.8 Å². The molecule has 0 aromatic heterocycles. The summed E-state index contributed by atoms with van der Waals surface area (Å²) in [5.41, 5.74) is 0.345. The van der Waals surface area contributed by atoms with Gasteiger partial charge in [0.2, 0.25) is 27.6 Å². The summed E-state index contributed by atoms with van der Waals surface area (Å²) >= 11 is 0. The number of rotatable bonds is 9. The van der Waals surface area contributed by atoms with E-state index in [2.05, 4.69) is 15.4 Å². The number of hydrogen-bond donors (Lipinski definition) is 7. The molecule has 2 rings (SSSR count). The number of nitrogens with one attached hydrogen (secondary N) is 3. The van der Waals surface area contributed by atoms with Gasteiger partial charge in [-0.3, -0.25) is 9.59 Å². The number of benzene rings is 1. The number of anilines is 1. The second kappa shape index (κ2) is 10.7. The summed E-state index contributed by atoms with van der Waals surface area (Å²) in [5.74, 6) is -3.34. The third-order valence-corrected chi connectivity index (χ3v) is 6.08. The second-order valence-corrected chi connectivity index (χ2v) is 8.95. The SMILES string of the molecule is CC(=O)Nc1ccc(S(=O)(=O)N[C@H]2C=C(C(=O)O)O[C@@H]([C@H](O)C(O)CO)[C@@H]2NC(C)=O)cc1. The lowest BCUT2D eigenvalue weighted by Crippen LogP contribution is -2.63. The summed E-state index contributed by atoms with van der Waals surface area (Å²) < 4.78 is 33.3. The van der Waals surface area contributed by atoms with E-state index >= 15 is 0 Å². The van der Waals surface area contributed by atoms with Crippen LogP contribution in [-0.2, 0) is 29.1 Å². The number of ether oxygens (including phenoxy) is 1. The molecule has 0 spiro atoms. The molecule has 1 heterocycles. The lowest BCUT2D eigenvalue weighted by atomic mass is 9.92. The minimum Gasteiger partial charge on any atom is -0.478 e. The first-order valence-corrected chi connectivity index (χ1v) is 11.1. The molecule has 0 fully saturated rings. The van der Waals surface area contributed by atoms with E-state index in [4.69, 9.17) is 9.84 Å². The number of aliphatic hydroxyl groups is 3. The highest BCUT2D eigenvalue weighted by Crippen LogP contribution is 2.25. The molecule has 33 heavy (non-hydrogen) atoms. The number of carbonyl (C=O) groups is 3. The average molecular weight is 487 g/mol. The summed E-state index contributed by atoms with van der Waals surface area (Å²) in [6.07, 6.45) is -4.36. The summed E-state index contributed by atoms with van der Waals surface area (Å²) in [6.45, 7) is 1.48. The van der Waals surface area contributed by atoms with Gasteiger partial charge in [0.05, 0.1) is 23.6 Å². The van der Waals surface area contributed by atoms with Crippen molar-refractivity contribution in [2.24, 2.45) is 0 Å². The minimum absolute atomic E-state index is 0.234. The van der Waals surface area contributed by atoms with E-state index in [1.165, 1.54) is 31.2 Å². The smallest absolute Gasteiger partial charge is 0.370 e. The van der Waals surface area contributed by atoms with Crippen molar-refractivity contribution in [3.05, 3.63) is 36.1 Å². The van der Waals surface area contributed by atoms with E-state index in [0.29, 0.717) is 5.69 Å². The zero-order valence-electron chi connectivity index (χ0n) is 17.6. The van der Waals surface area contributed by atoms with E-state index in [1.807, 2.05) is 0 Å². The maximum absolute atomic E-state index is 12.9. The summed E-state index contributed by atoms with van der Waals surface area (Å²) in [6, 6.07) is 2.31. The van der Waals surface area contributed by atoms with Crippen molar-refractivity contribution in [3.8, 4) is 0 Å². The number of hydrogen-bond acceptors (Lipinski definition) is 9. The standard InChI is InChI=1S/C19H25N3O10S/c1-9(24)20-11-3-5-12(6-4-11)33(30,31)22-13-7-15(19(28)29)32-18(16(13)21-10(2)25)17(27)14(26)8-23/h3-7,13-14,16-18,22-23,26-27H,8H2,1-2H3,(H,20,24)(H,21,25)(H,28,29)/t13-,14?,16+,17+,18+/m0/s1. The Morgan fingerprint density at radius 2 is 1.70 bits per heavy atom. The Kier molecular flexibility index (Phi) is 8.51. The predicted octanol–water partition coefficient (Wildman–Crippen LogP) is -2.12. The van der Waals surface area contributed by atoms with Gasteiger partial charge in [-0.25, -0.2) is 17.9 Å². The Hall–Kier alpha value is -3.04. The van der Waals surface area contributed by atoms with Crippen LogP contribution in [0.15, 0.2) is 41.0 Å². The Bertz CT molecular complexity index is 1020. The number of carboxylic acid groups (broad SMARTS) is 1. The molecule has 0 saturated heterocycles. The first kappa shape index (κ1) is 26.2. The van der Waals surface area contributed by atoms with Crippen LogP contribution in [0.4, 0.5) is 5.69 Å². The van der Waals surface area contributed by atoms with Crippen molar-refractivity contribution in [2.45, 2.75) is 49.1 Å². The maximum atomic E-state index is 12.9. The highest BCUT2D eigenvalue weighted by Gasteiger charge is 2.44. The van der Waals surface area contributed by atoms with Gasteiger partial charge in [-0.1, -0.05) is 0 Å². The fourth-order valence-electron chi connectivity index (χ4n) is 3.14. The van der Waals surface area contributed by atoms with Crippen molar-refractivity contribution < 1.29 is 48.0 Å². The van der Waals surface area contributed by atoms with Crippen LogP contribution in [0.5, 0.6) is 0 Å². The van der Waals surface area contributed by atoms with Gasteiger partial charge in [0, 0.05) is 19.5 Å². The van der Waals surface area contributed by atoms with Gasteiger partial charge >= 0.3 is 5.97 Å². The molecule has 1 aliphatic heterocycles. The predicted molar refractivity (Wildman–Crippen MR) is 112 cm³/mol. The molecule has 182 valence electrons. The summed E-state index contributed by atoms with van der Waals surface area (Å²) in [4.78, 5) is 34.1. The van der Waals surface area contributed by atoms with E-state index in [9.17, 15) is 38.1 Å². The summed E-state index contributed by atoms with van der Waals surface area (Å²) in [7, 11) is -4.30. The van der Waals surface area contributed by atoms with Gasteiger partial charge in [-0.2, -0.15) is 0 Å². The monoisotopic (exact) mass is 487 g/mol. The van der Waals surface area contributed by atoms with Crippen LogP contribution in [0.1, 0.15) is 13.8 Å². The minimum atomic E-state index is -4.30. The number of carboxylic acids is 1. The van der Waals surface area contributed by atoms with Crippen LogP contribution in [-0.4, -0.2) is 83.6 Å². The molecule has 0 aliphatic carbocycles. The number of carbonyl (C=O) groups excluding carboxylic acids is 2. The van der Waals surface area contributed by atoms with Crippen molar-refractivity contribution in [1.82, 2.24) is 10.0 Å². The molecular weight excluding hydrogens is 462 g/mol. The van der Waals surface area contributed by atoms with E-state index in [-0.39, 0.29) is 10.8 Å². The Morgan fingerprint density at radius 3 is 2.18 bits per heavy atom. The van der Waals surface area contributed by atoms with Crippen LogP contribution in [0.2, 0.25) is 0 Å². The fourth-order valence-corrected chi connectivity index (χ4v) is 4.35. The Morgan fingerprint density at radius 1 is 1.09 bits per heavy atom. The van der Waals surface area contributed by atoms with Crippen molar-refractivity contribution in [3.63, 3.8) is 0 Å². The molecule has 0 bridgehead atoms. The van der Waals surface area contributed by atoms with Crippen LogP contribution >= 0.6 is 0 Å². The largest absolute Gasteiger partial charge is 0.478 e. The molecule has 1 aromatic carbocycles. The zero-order chi connectivity index (χ0) is 24.9. The highest BCUT2D eigenvalue weighted by atomic mass is 32.2. The van der Waals surface area contributed by atoms with Crippen molar-refractivity contribution in [2.75, 3.05) is 11.9 Å². The van der Waals surface area contributed by atoms with Crippen molar-refractivity contribution in [1.29, 1.82) is 0 Å². The van der Waals surface area contributed by atoms with Crippen LogP contribution < -0.4 is 15.4 Å². The average Bonchev–Trinajstić information content (AvgIpc) is 2.73. The third-order valence-electron chi connectivity index (χ3n) is 4.61. The molecule has 1 aromatic rings. The molecule has 0 radical (unpaired) electrons. The molecular formula is C19H25N3O10S. The Balaban J connectivity index is 2.43. The number of aliphatic hydroxyl groups excluding tert-OH is 3. The Labute approximate surface area is 189 Å². The molecule has 13 nitrogen and oxygen atoms in total. The van der Waals surface area contributed by atoms with E-state index in [1.54, 1.807) is 0 Å². The second-order valence-electron chi connectivity index (χ2n) is 7.24. The van der Waals surface area contributed by atoms with E-state index < -0.39 is 64.7 Å². The molecule has 14 heteroatoms. The van der Waals surface area contributed by atoms with Crippen LogP contribution in [0.25, 0.3) is 0 Å². The molecule has 0 saturated carbocycles. The first-order valence-electron chi connectivity index (χ1n) is 9.61. The first-order chi connectivity index (χ1) is 15.4. The highest BCUT2D eigenvalue weighted by molar-refractivity contribution is 7.89. The molecule has 1 aliphatic rings. The quantitative estimate of drug-likeness (QED) is 0.201. The van der Waals surface area contributed by atoms with Gasteiger partial charge in [0.1, 0.15) is 18.3 Å². The fraction of sp³-hybridized carbons (Fsp3) is 0.421. The van der Waals surface area contributed by atoms with Gasteiger partial charge in [0.15, 0.2) is 0 Å². The molecule has 2 amide bonds. The molecule has 5 atom stereocenters. The number of sulfonamides is 1. The van der Waals surface area contributed by atoms with Crippen LogP contribution in [0.3, 0.4) is 0 Å². The van der Waals surface area contributed by atoms with Crippen molar-refractivity contribution >= 4 is 33.5 Å². The topological polar surface area (TPSA) is 212 Å². The molecule has 7 N–H and O–H groups in total. The maximum Gasteiger partial charge on any atom is 0.370 e. The van der Waals surface area contributed by atoms with Gasteiger partial charge in [0.25, 0.3) is 0 Å². The summed E-state index contributed by atoms with van der Waals surface area (Å²) in [5, 5.41) is 43.5. The number of aliphatic carboxylic acids is 1. The van der Waals surface area contributed by atoms with Gasteiger partial charge in [-0.15, -0.1) is 0 Å². The van der Waals surface area contributed by atoms with Crippen LogP contribution in [0, 0.1) is 0 Å². The third kappa shape index (κ3) is 6.72. The van der Waals surface area contributed by atoms with E-state index in [0.717, 1.165) is 13.0 Å².